The molecule has 39 heavy (non-hydrogen) atoms. The minimum absolute atomic E-state index is 0.0213. The average Bonchev–Trinajstić information content (AvgIpc) is 3.60. The fourth-order valence-electron chi connectivity index (χ4n) is 4.99. The van der Waals surface area contributed by atoms with E-state index in [2.05, 4.69) is 19.7 Å². The molecule has 1 aliphatic carbocycles. The van der Waals surface area contributed by atoms with Crippen molar-refractivity contribution in [1.29, 1.82) is 0 Å². The first kappa shape index (κ1) is 29.5. The van der Waals surface area contributed by atoms with E-state index in [4.69, 9.17) is 5.11 Å². The predicted molar refractivity (Wildman–Crippen MR) is 151 cm³/mol. The summed E-state index contributed by atoms with van der Waals surface area (Å²) in [7, 11) is -7.71. The summed E-state index contributed by atoms with van der Waals surface area (Å²) in [5.74, 6) is -0.459. The number of nitrogens with one attached hydrogen (secondary N) is 3. The number of anilines is 2. The highest BCUT2D eigenvalue weighted by Crippen LogP contribution is 2.54. The lowest BCUT2D eigenvalue weighted by atomic mass is 9.92. The number of rotatable bonds is 9. The number of nitrogens with zero attached hydrogens (tertiary/aromatic N) is 1. The molecule has 1 saturated heterocycles. The summed E-state index contributed by atoms with van der Waals surface area (Å²) in [6.45, 7) is 7.89. The number of piperidine rings is 1. The maximum atomic E-state index is 13.7. The summed E-state index contributed by atoms with van der Waals surface area (Å²) in [5, 5.41) is 11.9. The number of aliphatic hydroxyl groups excluding tert-OH is 1. The van der Waals surface area contributed by atoms with Gasteiger partial charge in [-0.3, -0.25) is 4.79 Å². The van der Waals surface area contributed by atoms with Gasteiger partial charge in [-0.15, -0.1) is 0 Å². The Morgan fingerprint density at radius 2 is 1.64 bits per heavy atom. The molecule has 12 heteroatoms. The molecule has 0 atom stereocenters. The first-order valence-electron chi connectivity index (χ1n) is 13.1. The van der Waals surface area contributed by atoms with Crippen LogP contribution in [0.15, 0.2) is 46.2 Å². The van der Waals surface area contributed by atoms with Gasteiger partial charge in [-0.1, -0.05) is 6.07 Å². The largest absolute Gasteiger partial charge is 0.395 e. The zero-order valence-corrected chi connectivity index (χ0v) is 24.5. The molecule has 0 unspecified atom stereocenters. The van der Waals surface area contributed by atoms with Gasteiger partial charge >= 0.3 is 0 Å². The van der Waals surface area contributed by atoms with Crippen molar-refractivity contribution in [2.75, 3.05) is 36.5 Å². The lowest BCUT2D eigenvalue weighted by Crippen LogP contribution is -2.40. The summed E-state index contributed by atoms with van der Waals surface area (Å²) in [4.78, 5) is 15.8. The van der Waals surface area contributed by atoms with Crippen molar-refractivity contribution in [2.45, 2.75) is 68.7 Å². The van der Waals surface area contributed by atoms with Gasteiger partial charge < -0.3 is 15.3 Å². The summed E-state index contributed by atoms with van der Waals surface area (Å²) < 4.78 is 56.4. The number of benzene rings is 2. The minimum Gasteiger partial charge on any atom is -0.395 e. The number of sulfonamides is 2. The number of hydrogen-bond acceptors (Lipinski definition) is 7. The van der Waals surface area contributed by atoms with Gasteiger partial charge in [-0.25, -0.2) is 26.3 Å². The maximum absolute atomic E-state index is 13.7. The number of carbonyl (C=O) groups is 1. The van der Waals surface area contributed by atoms with Crippen LogP contribution in [0.1, 0.15) is 62.4 Å². The fraction of sp³-hybridized carbons (Fsp3) is 0.519. The van der Waals surface area contributed by atoms with E-state index < -0.39 is 31.5 Å². The van der Waals surface area contributed by atoms with E-state index in [9.17, 15) is 21.6 Å². The Morgan fingerprint density at radius 1 is 0.974 bits per heavy atom. The Kier molecular flexibility index (Phi) is 8.17. The van der Waals surface area contributed by atoms with Crippen molar-refractivity contribution in [2.24, 2.45) is 5.41 Å². The number of hydrogen-bond donors (Lipinski definition) is 4. The average molecular weight is 579 g/mol. The maximum Gasteiger partial charge on any atom is 0.258 e. The van der Waals surface area contributed by atoms with Crippen LogP contribution in [0.4, 0.5) is 11.4 Å². The molecule has 1 heterocycles. The van der Waals surface area contributed by atoms with Crippen LogP contribution in [-0.2, 0) is 20.0 Å². The van der Waals surface area contributed by atoms with E-state index in [-0.39, 0.29) is 22.9 Å². The van der Waals surface area contributed by atoms with Crippen LogP contribution in [0, 0.1) is 12.3 Å². The Balaban J connectivity index is 1.68. The molecular formula is C27H38N4O6S2. The molecule has 4 rings (SSSR count). The SMILES string of the molecule is Cc1cc(S(=O)(=O)NCCO)cc(N2CCC3(CC2)CC3)c1C(=O)Nc1cccc(S(=O)(=O)NC(C)(C)C)c1. The number of amides is 1. The van der Waals surface area contributed by atoms with Crippen LogP contribution in [0.25, 0.3) is 0 Å². The fourth-order valence-corrected chi connectivity index (χ4v) is 7.58. The molecule has 2 aliphatic rings. The number of aryl methyl sites for hydroxylation is 1. The highest BCUT2D eigenvalue weighted by Gasteiger charge is 2.45. The quantitative estimate of drug-likeness (QED) is 0.358. The molecule has 214 valence electrons. The molecule has 2 aromatic carbocycles. The second-order valence-electron chi connectivity index (χ2n) is 11.6. The monoisotopic (exact) mass is 578 g/mol. The molecule has 0 radical (unpaired) electrons. The Bertz CT molecular complexity index is 1450. The van der Waals surface area contributed by atoms with Gasteiger partial charge in [0, 0.05) is 30.9 Å². The highest BCUT2D eigenvalue weighted by molar-refractivity contribution is 7.89. The third kappa shape index (κ3) is 6.98. The van der Waals surface area contributed by atoms with Gasteiger partial charge in [0.1, 0.15) is 0 Å². The first-order valence-corrected chi connectivity index (χ1v) is 16.1. The normalized spacial score (nSPS) is 17.3. The topological polar surface area (TPSA) is 145 Å². The molecule has 4 N–H and O–H groups in total. The van der Waals surface area contributed by atoms with E-state index >= 15 is 0 Å². The number of carbonyl (C=O) groups excluding carboxylic acids is 1. The molecule has 1 spiro atoms. The van der Waals surface area contributed by atoms with E-state index in [1.807, 2.05) is 0 Å². The molecular weight excluding hydrogens is 540 g/mol. The van der Waals surface area contributed by atoms with Crippen molar-refractivity contribution in [1.82, 2.24) is 9.44 Å². The Labute approximate surface area is 231 Å². The van der Waals surface area contributed by atoms with Gasteiger partial charge in [0.2, 0.25) is 20.0 Å². The third-order valence-corrected chi connectivity index (χ3v) is 10.4. The summed E-state index contributed by atoms with van der Waals surface area (Å²) in [6, 6.07) is 8.98. The molecule has 10 nitrogen and oxygen atoms in total. The highest BCUT2D eigenvalue weighted by atomic mass is 32.2. The molecule has 0 aromatic heterocycles. The van der Waals surface area contributed by atoms with Gasteiger partial charge in [0.05, 0.1) is 27.6 Å². The zero-order valence-electron chi connectivity index (χ0n) is 22.9. The van der Waals surface area contributed by atoms with Gasteiger partial charge in [0.25, 0.3) is 5.91 Å². The molecule has 0 bridgehead atoms. The van der Waals surface area contributed by atoms with Crippen molar-refractivity contribution >= 4 is 37.3 Å². The van der Waals surface area contributed by atoms with E-state index in [1.54, 1.807) is 39.8 Å². The van der Waals surface area contributed by atoms with Crippen LogP contribution >= 0.6 is 0 Å². The molecule has 1 aliphatic heterocycles. The summed E-state index contributed by atoms with van der Waals surface area (Å²) in [6.07, 6.45) is 4.37. The summed E-state index contributed by atoms with van der Waals surface area (Å²) >= 11 is 0. The minimum atomic E-state index is -3.90. The third-order valence-electron chi connectivity index (χ3n) is 7.19. The van der Waals surface area contributed by atoms with Crippen LogP contribution in [0.5, 0.6) is 0 Å². The molecule has 1 saturated carbocycles. The Morgan fingerprint density at radius 3 is 2.23 bits per heavy atom. The van der Waals surface area contributed by atoms with E-state index in [0.29, 0.717) is 41.0 Å². The van der Waals surface area contributed by atoms with Crippen molar-refractivity contribution in [3.8, 4) is 0 Å². The molecule has 2 fully saturated rings. The van der Waals surface area contributed by atoms with Gasteiger partial charge in [-0.2, -0.15) is 0 Å². The smallest absolute Gasteiger partial charge is 0.258 e. The van der Waals surface area contributed by atoms with Crippen LogP contribution in [0.2, 0.25) is 0 Å². The lowest BCUT2D eigenvalue weighted by Gasteiger charge is -2.35. The van der Waals surface area contributed by atoms with E-state index in [0.717, 1.165) is 12.8 Å². The van der Waals surface area contributed by atoms with Crippen LogP contribution in [0.3, 0.4) is 0 Å². The standard InChI is InChI=1S/C27H38N4O6S2/c1-19-16-22(38(34,35)28-12-15-32)18-23(31-13-10-27(8-9-27)11-14-31)24(19)25(33)29-20-6-5-7-21(17-20)39(36,37)30-26(2,3)4/h5-7,16-18,28,30,32H,8-15H2,1-4H3,(H,29,33). The van der Waals surface area contributed by atoms with Crippen molar-refractivity contribution < 1.29 is 26.7 Å². The second kappa shape index (κ2) is 10.8. The van der Waals surface area contributed by atoms with Crippen LogP contribution in [-0.4, -0.2) is 59.6 Å². The van der Waals surface area contributed by atoms with Crippen LogP contribution < -0.4 is 19.7 Å². The van der Waals surface area contributed by atoms with Crippen molar-refractivity contribution in [3.63, 3.8) is 0 Å². The molecule has 1 amide bonds. The predicted octanol–water partition coefficient (Wildman–Crippen LogP) is 2.98. The first-order chi connectivity index (χ1) is 18.1. The van der Waals surface area contributed by atoms with E-state index in [1.165, 1.54) is 37.1 Å². The van der Waals surface area contributed by atoms with Gasteiger partial charge in [0.15, 0.2) is 0 Å². The lowest BCUT2D eigenvalue weighted by molar-refractivity contribution is 0.102. The summed E-state index contributed by atoms with van der Waals surface area (Å²) in [5.41, 5.74) is 1.34. The molecule has 2 aromatic rings. The number of aliphatic hydroxyl groups is 1. The Hall–Kier alpha value is -2.51. The van der Waals surface area contributed by atoms with Crippen molar-refractivity contribution in [3.05, 3.63) is 47.5 Å². The van der Waals surface area contributed by atoms with Gasteiger partial charge in [-0.05, 0) is 94.7 Å². The zero-order chi connectivity index (χ0) is 28.6. The second-order valence-corrected chi connectivity index (χ2v) is 15.0.